The van der Waals surface area contributed by atoms with Crippen molar-refractivity contribution in [1.29, 1.82) is 0 Å². The lowest BCUT2D eigenvalue weighted by atomic mass is 10.1. The SMILES string of the molecule is CCc1ccccc1N=NN(CC)c1ccccc1. The molecule has 0 atom stereocenters. The second-order valence-electron chi connectivity index (χ2n) is 4.22. The van der Waals surface area contributed by atoms with E-state index in [-0.39, 0.29) is 0 Å². The molecule has 0 aromatic heterocycles. The third-order valence-electron chi connectivity index (χ3n) is 2.99. The topological polar surface area (TPSA) is 28.0 Å². The van der Waals surface area contributed by atoms with Gasteiger partial charge >= 0.3 is 0 Å². The number of nitrogens with zero attached hydrogens (tertiary/aromatic N) is 3. The maximum Gasteiger partial charge on any atom is 0.0906 e. The molecule has 3 nitrogen and oxygen atoms in total. The monoisotopic (exact) mass is 253 g/mol. The molecule has 0 saturated carbocycles. The van der Waals surface area contributed by atoms with Gasteiger partial charge in [-0.05, 0) is 37.1 Å². The summed E-state index contributed by atoms with van der Waals surface area (Å²) in [5.74, 6) is 0. The van der Waals surface area contributed by atoms with E-state index in [0.717, 1.165) is 24.3 Å². The van der Waals surface area contributed by atoms with E-state index in [1.165, 1.54) is 5.56 Å². The van der Waals surface area contributed by atoms with Gasteiger partial charge in [-0.25, -0.2) is 5.01 Å². The Morgan fingerprint density at radius 2 is 1.58 bits per heavy atom. The van der Waals surface area contributed by atoms with Crippen LogP contribution in [0.1, 0.15) is 19.4 Å². The summed E-state index contributed by atoms with van der Waals surface area (Å²) < 4.78 is 0. The molecule has 0 saturated heterocycles. The van der Waals surface area contributed by atoms with Gasteiger partial charge in [0.05, 0.1) is 11.4 Å². The van der Waals surface area contributed by atoms with Crippen LogP contribution in [0.2, 0.25) is 0 Å². The Morgan fingerprint density at radius 1 is 0.895 bits per heavy atom. The Kier molecular flexibility index (Phi) is 4.67. The zero-order chi connectivity index (χ0) is 13.5. The Bertz CT molecular complexity index is 535. The molecule has 0 bridgehead atoms. The van der Waals surface area contributed by atoms with Crippen molar-refractivity contribution in [3.8, 4) is 0 Å². The molecule has 0 aliphatic carbocycles. The minimum Gasteiger partial charge on any atom is -0.247 e. The van der Waals surface area contributed by atoms with Crippen molar-refractivity contribution < 1.29 is 0 Å². The Balaban J connectivity index is 2.21. The molecule has 0 amide bonds. The van der Waals surface area contributed by atoms with E-state index in [4.69, 9.17) is 0 Å². The first-order valence-corrected chi connectivity index (χ1v) is 6.67. The zero-order valence-electron chi connectivity index (χ0n) is 11.5. The predicted octanol–water partition coefficient (Wildman–Crippen LogP) is 4.77. The highest BCUT2D eigenvalue weighted by Gasteiger charge is 2.02. The zero-order valence-corrected chi connectivity index (χ0v) is 11.5. The first-order valence-electron chi connectivity index (χ1n) is 6.67. The Labute approximate surface area is 114 Å². The van der Waals surface area contributed by atoms with E-state index < -0.39 is 0 Å². The van der Waals surface area contributed by atoms with E-state index in [1.54, 1.807) is 0 Å². The minimum absolute atomic E-state index is 0.793. The van der Waals surface area contributed by atoms with Gasteiger partial charge < -0.3 is 0 Å². The normalized spacial score (nSPS) is 10.8. The number of hydrogen-bond donors (Lipinski definition) is 0. The molecule has 2 aromatic carbocycles. The van der Waals surface area contributed by atoms with Gasteiger partial charge in [0.2, 0.25) is 0 Å². The quantitative estimate of drug-likeness (QED) is 0.557. The molecular weight excluding hydrogens is 234 g/mol. The largest absolute Gasteiger partial charge is 0.247 e. The van der Waals surface area contributed by atoms with Gasteiger partial charge in [0.15, 0.2) is 0 Å². The maximum atomic E-state index is 4.38. The Hall–Kier alpha value is -2.16. The molecule has 3 heteroatoms. The molecule has 2 aromatic rings. The average molecular weight is 253 g/mol. The van der Waals surface area contributed by atoms with Crippen LogP contribution < -0.4 is 5.01 Å². The van der Waals surface area contributed by atoms with Crippen molar-refractivity contribution in [3.63, 3.8) is 0 Å². The second-order valence-corrected chi connectivity index (χ2v) is 4.22. The van der Waals surface area contributed by atoms with E-state index in [1.807, 2.05) is 53.5 Å². The van der Waals surface area contributed by atoms with Crippen LogP contribution in [0.5, 0.6) is 0 Å². The fraction of sp³-hybridized carbons (Fsp3) is 0.250. The summed E-state index contributed by atoms with van der Waals surface area (Å²) in [5, 5.41) is 10.6. The molecule has 0 aliphatic rings. The molecule has 0 heterocycles. The molecule has 0 unspecified atom stereocenters. The van der Waals surface area contributed by atoms with Gasteiger partial charge in [-0.15, -0.1) is 5.11 Å². The van der Waals surface area contributed by atoms with Gasteiger partial charge in [-0.2, -0.15) is 0 Å². The van der Waals surface area contributed by atoms with Crippen LogP contribution in [0.3, 0.4) is 0 Å². The highest BCUT2D eigenvalue weighted by Crippen LogP contribution is 2.21. The summed E-state index contributed by atoms with van der Waals surface area (Å²) in [6.07, 6.45) is 0.965. The summed E-state index contributed by atoms with van der Waals surface area (Å²) >= 11 is 0. The number of hydrogen-bond acceptors (Lipinski definition) is 2. The molecular formula is C16H19N3. The van der Waals surface area contributed by atoms with E-state index in [0.29, 0.717) is 0 Å². The van der Waals surface area contributed by atoms with Crippen molar-refractivity contribution in [3.05, 3.63) is 60.2 Å². The van der Waals surface area contributed by atoms with Crippen molar-refractivity contribution in [2.75, 3.05) is 11.6 Å². The molecule has 0 N–H and O–H groups in total. The van der Waals surface area contributed by atoms with Crippen LogP contribution in [0.25, 0.3) is 0 Å². The molecule has 19 heavy (non-hydrogen) atoms. The number of rotatable bonds is 5. The summed E-state index contributed by atoms with van der Waals surface area (Å²) in [6, 6.07) is 18.2. The number of aryl methyl sites for hydroxylation is 1. The molecule has 2 rings (SSSR count). The first kappa shape index (κ1) is 13.3. The van der Waals surface area contributed by atoms with Crippen LogP contribution in [-0.2, 0) is 6.42 Å². The lowest BCUT2D eigenvalue weighted by Gasteiger charge is -2.15. The number of para-hydroxylation sites is 1. The molecule has 0 radical (unpaired) electrons. The fourth-order valence-corrected chi connectivity index (χ4v) is 1.91. The summed E-state index contributed by atoms with van der Waals surface area (Å²) in [6.45, 7) is 4.99. The molecule has 0 fully saturated rings. The minimum atomic E-state index is 0.793. The predicted molar refractivity (Wildman–Crippen MR) is 79.8 cm³/mol. The van der Waals surface area contributed by atoms with Gasteiger partial charge in [0, 0.05) is 6.54 Å². The lowest BCUT2D eigenvalue weighted by Crippen LogP contribution is -2.13. The third-order valence-corrected chi connectivity index (χ3v) is 2.99. The standard InChI is InChI=1S/C16H19N3/c1-3-14-10-8-9-13-16(14)17-18-19(4-2)15-11-6-5-7-12-15/h5-13H,3-4H2,1-2H3. The summed E-state index contributed by atoms with van der Waals surface area (Å²) in [4.78, 5) is 0. The van der Waals surface area contributed by atoms with E-state index in [2.05, 4.69) is 30.3 Å². The highest BCUT2D eigenvalue weighted by atomic mass is 15.5. The maximum absolute atomic E-state index is 4.38. The molecule has 98 valence electrons. The van der Waals surface area contributed by atoms with Crippen molar-refractivity contribution in [2.24, 2.45) is 10.3 Å². The van der Waals surface area contributed by atoms with Gasteiger partial charge in [-0.1, -0.05) is 48.5 Å². The van der Waals surface area contributed by atoms with Crippen LogP contribution in [0.4, 0.5) is 11.4 Å². The van der Waals surface area contributed by atoms with Crippen molar-refractivity contribution in [2.45, 2.75) is 20.3 Å². The average Bonchev–Trinajstić information content (AvgIpc) is 2.49. The van der Waals surface area contributed by atoms with Crippen LogP contribution in [-0.4, -0.2) is 6.54 Å². The van der Waals surface area contributed by atoms with Gasteiger partial charge in [0.25, 0.3) is 0 Å². The highest BCUT2D eigenvalue weighted by molar-refractivity contribution is 5.47. The van der Waals surface area contributed by atoms with Crippen LogP contribution in [0, 0.1) is 0 Å². The number of anilines is 1. The first-order chi connectivity index (χ1) is 9.35. The summed E-state index contributed by atoms with van der Waals surface area (Å²) in [5.41, 5.74) is 3.22. The van der Waals surface area contributed by atoms with E-state index in [9.17, 15) is 0 Å². The molecule has 0 spiro atoms. The fourth-order valence-electron chi connectivity index (χ4n) is 1.91. The Morgan fingerprint density at radius 3 is 2.26 bits per heavy atom. The number of benzene rings is 2. The smallest absolute Gasteiger partial charge is 0.0906 e. The lowest BCUT2D eigenvalue weighted by molar-refractivity contribution is 0.833. The molecule has 0 aliphatic heterocycles. The summed E-state index contributed by atoms with van der Waals surface area (Å²) in [7, 11) is 0. The van der Waals surface area contributed by atoms with Gasteiger partial charge in [-0.3, -0.25) is 0 Å². The third kappa shape index (κ3) is 3.41. The van der Waals surface area contributed by atoms with Crippen molar-refractivity contribution >= 4 is 11.4 Å². The van der Waals surface area contributed by atoms with E-state index >= 15 is 0 Å². The second kappa shape index (κ2) is 6.69. The van der Waals surface area contributed by atoms with Crippen LogP contribution in [0.15, 0.2) is 64.9 Å². The van der Waals surface area contributed by atoms with Gasteiger partial charge in [0.1, 0.15) is 0 Å². The van der Waals surface area contributed by atoms with Crippen LogP contribution >= 0.6 is 0 Å². The van der Waals surface area contributed by atoms with Crippen molar-refractivity contribution in [1.82, 2.24) is 0 Å².